The van der Waals surface area contributed by atoms with Crippen LogP contribution in [0.3, 0.4) is 0 Å². The second-order valence-electron chi connectivity index (χ2n) is 6.07. The summed E-state index contributed by atoms with van der Waals surface area (Å²) in [5, 5.41) is 4.87. The van der Waals surface area contributed by atoms with E-state index in [1.165, 1.54) is 5.56 Å². The van der Waals surface area contributed by atoms with Crippen molar-refractivity contribution in [1.82, 2.24) is 0 Å². The van der Waals surface area contributed by atoms with Gasteiger partial charge in [0, 0.05) is 5.92 Å². The lowest BCUT2D eigenvalue weighted by molar-refractivity contribution is 0.397. The van der Waals surface area contributed by atoms with E-state index < -0.39 is 0 Å². The molecular formula is C19H17Cl2NO. The SMILES string of the molecule is COc1cccc2c1N[C@H](c1ccc(Cl)c(Cl)c1)[C@@H]1CC=C[C@H]21. The average Bonchev–Trinajstić information content (AvgIpc) is 3.06. The Morgan fingerprint density at radius 3 is 2.78 bits per heavy atom. The summed E-state index contributed by atoms with van der Waals surface area (Å²) in [7, 11) is 1.71. The Kier molecular flexibility index (Phi) is 3.74. The molecule has 0 amide bonds. The minimum atomic E-state index is 0.188. The first-order chi connectivity index (χ1) is 11.2. The summed E-state index contributed by atoms with van der Waals surface area (Å²) in [5.41, 5.74) is 3.55. The van der Waals surface area contributed by atoms with Crippen molar-refractivity contribution in [2.24, 2.45) is 5.92 Å². The maximum Gasteiger partial charge on any atom is 0.142 e. The van der Waals surface area contributed by atoms with E-state index in [9.17, 15) is 0 Å². The predicted molar refractivity (Wildman–Crippen MR) is 95.8 cm³/mol. The maximum absolute atomic E-state index is 6.23. The summed E-state index contributed by atoms with van der Waals surface area (Å²) >= 11 is 12.3. The first-order valence-electron chi connectivity index (χ1n) is 7.74. The lowest BCUT2D eigenvalue weighted by atomic mass is 9.77. The predicted octanol–water partition coefficient (Wildman–Crippen LogP) is 5.83. The number of allylic oxidation sites excluding steroid dienone is 2. The second-order valence-corrected chi connectivity index (χ2v) is 6.89. The number of methoxy groups -OCH3 is 1. The molecule has 0 spiro atoms. The van der Waals surface area contributed by atoms with E-state index in [2.05, 4.69) is 35.7 Å². The molecule has 2 aliphatic rings. The van der Waals surface area contributed by atoms with Crippen LogP contribution in [0.5, 0.6) is 5.75 Å². The molecule has 1 heterocycles. The Balaban J connectivity index is 1.82. The van der Waals surface area contributed by atoms with E-state index in [1.807, 2.05) is 18.2 Å². The molecule has 1 aliphatic heterocycles. The highest BCUT2D eigenvalue weighted by molar-refractivity contribution is 6.42. The highest BCUT2D eigenvalue weighted by Gasteiger charge is 2.39. The first-order valence-corrected chi connectivity index (χ1v) is 8.49. The van der Waals surface area contributed by atoms with Crippen LogP contribution in [0.2, 0.25) is 10.0 Å². The molecule has 0 saturated carbocycles. The van der Waals surface area contributed by atoms with Crippen molar-refractivity contribution in [3.63, 3.8) is 0 Å². The standard InChI is InChI=1S/C19H17Cl2NO/c1-23-17-7-3-6-14-12-4-2-5-13(12)18(22-19(14)17)11-8-9-15(20)16(21)10-11/h2-4,6-10,12-13,18,22H,5H2,1H3/t12-,13+,18+/m0/s1. The Hall–Kier alpha value is -1.64. The molecular weight excluding hydrogens is 329 g/mol. The highest BCUT2D eigenvalue weighted by Crippen LogP contribution is 2.52. The lowest BCUT2D eigenvalue weighted by Gasteiger charge is -2.38. The van der Waals surface area contributed by atoms with Crippen molar-refractivity contribution in [2.75, 3.05) is 12.4 Å². The first kappa shape index (κ1) is 14.9. The topological polar surface area (TPSA) is 21.3 Å². The molecule has 0 fully saturated rings. The Bertz CT molecular complexity index is 787. The fourth-order valence-electron chi connectivity index (χ4n) is 3.80. The molecule has 23 heavy (non-hydrogen) atoms. The maximum atomic E-state index is 6.23. The lowest BCUT2D eigenvalue weighted by Crippen LogP contribution is -2.29. The fourth-order valence-corrected chi connectivity index (χ4v) is 4.11. The molecule has 0 radical (unpaired) electrons. The summed E-state index contributed by atoms with van der Waals surface area (Å²) in [6.45, 7) is 0. The molecule has 1 aliphatic carbocycles. The van der Waals surface area contributed by atoms with Gasteiger partial charge >= 0.3 is 0 Å². The number of benzene rings is 2. The van der Waals surface area contributed by atoms with Gasteiger partial charge < -0.3 is 10.1 Å². The Labute approximate surface area is 146 Å². The van der Waals surface area contributed by atoms with Gasteiger partial charge in [-0.1, -0.05) is 53.6 Å². The number of hydrogen-bond donors (Lipinski definition) is 1. The third-order valence-corrected chi connectivity index (χ3v) is 5.62. The van der Waals surface area contributed by atoms with Gasteiger partial charge in [0.2, 0.25) is 0 Å². The second kappa shape index (κ2) is 5.77. The summed E-state index contributed by atoms with van der Waals surface area (Å²) in [5.74, 6) is 1.76. The van der Waals surface area contributed by atoms with E-state index in [4.69, 9.17) is 27.9 Å². The van der Waals surface area contributed by atoms with Crippen molar-refractivity contribution < 1.29 is 4.74 Å². The average molecular weight is 346 g/mol. The monoisotopic (exact) mass is 345 g/mol. The molecule has 118 valence electrons. The third-order valence-electron chi connectivity index (χ3n) is 4.88. The Morgan fingerprint density at radius 1 is 1.13 bits per heavy atom. The quantitative estimate of drug-likeness (QED) is 0.691. The number of anilines is 1. The smallest absolute Gasteiger partial charge is 0.142 e. The molecule has 2 nitrogen and oxygen atoms in total. The number of fused-ring (bicyclic) bond motifs is 3. The van der Waals surface area contributed by atoms with Crippen LogP contribution in [0.4, 0.5) is 5.69 Å². The summed E-state index contributed by atoms with van der Waals surface area (Å²) in [6, 6.07) is 12.3. The van der Waals surface area contributed by atoms with Crippen LogP contribution in [0.15, 0.2) is 48.6 Å². The zero-order valence-electron chi connectivity index (χ0n) is 12.7. The van der Waals surface area contributed by atoms with Gasteiger partial charge in [0.25, 0.3) is 0 Å². The minimum absolute atomic E-state index is 0.188. The van der Waals surface area contributed by atoms with Crippen LogP contribution < -0.4 is 10.1 Å². The van der Waals surface area contributed by atoms with Crippen LogP contribution in [0.25, 0.3) is 0 Å². The van der Waals surface area contributed by atoms with Gasteiger partial charge in [-0.05, 0) is 41.7 Å². The minimum Gasteiger partial charge on any atom is -0.495 e. The molecule has 1 N–H and O–H groups in total. The van der Waals surface area contributed by atoms with Crippen LogP contribution in [-0.4, -0.2) is 7.11 Å². The van der Waals surface area contributed by atoms with Gasteiger partial charge in [0.1, 0.15) is 5.75 Å². The van der Waals surface area contributed by atoms with Gasteiger partial charge in [-0.3, -0.25) is 0 Å². The molecule has 2 aromatic carbocycles. The molecule has 0 unspecified atom stereocenters. The number of para-hydroxylation sites is 1. The van der Waals surface area contributed by atoms with E-state index >= 15 is 0 Å². The summed E-state index contributed by atoms with van der Waals surface area (Å²) < 4.78 is 5.55. The van der Waals surface area contributed by atoms with Crippen molar-refractivity contribution in [3.05, 3.63) is 69.7 Å². The van der Waals surface area contributed by atoms with Gasteiger partial charge in [0.05, 0.1) is 28.9 Å². The zero-order chi connectivity index (χ0) is 16.0. The van der Waals surface area contributed by atoms with Crippen LogP contribution >= 0.6 is 23.2 Å². The summed E-state index contributed by atoms with van der Waals surface area (Å²) in [4.78, 5) is 0. The van der Waals surface area contributed by atoms with E-state index in [-0.39, 0.29) is 6.04 Å². The molecule has 0 saturated heterocycles. The van der Waals surface area contributed by atoms with Gasteiger partial charge in [0.15, 0.2) is 0 Å². The largest absolute Gasteiger partial charge is 0.495 e. The molecule has 2 aromatic rings. The molecule has 4 rings (SSSR count). The third kappa shape index (κ3) is 2.41. The highest BCUT2D eigenvalue weighted by atomic mass is 35.5. The van der Waals surface area contributed by atoms with Crippen LogP contribution in [0, 0.1) is 5.92 Å². The van der Waals surface area contributed by atoms with Crippen molar-refractivity contribution >= 4 is 28.9 Å². The van der Waals surface area contributed by atoms with E-state index in [0.29, 0.717) is 21.9 Å². The van der Waals surface area contributed by atoms with Gasteiger partial charge in [-0.15, -0.1) is 0 Å². The normalized spacial score (nSPS) is 24.7. The van der Waals surface area contributed by atoms with E-state index in [0.717, 1.165) is 23.4 Å². The van der Waals surface area contributed by atoms with Crippen molar-refractivity contribution in [2.45, 2.75) is 18.4 Å². The van der Waals surface area contributed by atoms with E-state index in [1.54, 1.807) is 7.11 Å². The Morgan fingerprint density at radius 2 is 2.00 bits per heavy atom. The zero-order valence-corrected chi connectivity index (χ0v) is 14.2. The van der Waals surface area contributed by atoms with Crippen LogP contribution in [-0.2, 0) is 0 Å². The molecule has 3 atom stereocenters. The fraction of sp³-hybridized carbons (Fsp3) is 0.263. The van der Waals surface area contributed by atoms with Crippen molar-refractivity contribution in [3.8, 4) is 5.75 Å². The molecule has 4 heteroatoms. The van der Waals surface area contributed by atoms with Gasteiger partial charge in [-0.2, -0.15) is 0 Å². The number of halogens is 2. The molecule has 0 bridgehead atoms. The van der Waals surface area contributed by atoms with Gasteiger partial charge in [-0.25, -0.2) is 0 Å². The number of ether oxygens (including phenoxy) is 1. The summed E-state index contributed by atoms with van der Waals surface area (Å²) in [6.07, 6.45) is 5.64. The number of rotatable bonds is 2. The number of nitrogens with one attached hydrogen (secondary N) is 1. The van der Waals surface area contributed by atoms with Crippen molar-refractivity contribution in [1.29, 1.82) is 0 Å². The van der Waals surface area contributed by atoms with Crippen LogP contribution in [0.1, 0.15) is 29.5 Å². The molecule has 0 aromatic heterocycles. The number of hydrogen-bond acceptors (Lipinski definition) is 2.